The lowest BCUT2D eigenvalue weighted by Crippen LogP contribution is -2.37. The van der Waals surface area contributed by atoms with Crippen LogP contribution in [0.2, 0.25) is 0 Å². The molecule has 31 heavy (non-hydrogen) atoms. The van der Waals surface area contributed by atoms with E-state index < -0.39 is 54.3 Å². The molecule has 0 aromatic heterocycles. The molecule has 4 atom stereocenters. The topological polar surface area (TPSA) is 178 Å². The van der Waals surface area contributed by atoms with Gasteiger partial charge in [0.1, 0.15) is 12.2 Å². The molecule has 0 aromatic carbocycles. The second kappa shape index (κ2) is 12.0. The van der Waals surface area contributed by atoms with E-state index in [4.69, 9.17) is 28.8 Å². The zero-order chi connectivity index (χ0) is 22.8. The highest BCUT2D eigenvalue weighted by Gasteiger charge is 2.51. The minimum atomic E-state index is -1.65. The van der Waals surface area contributed by atoms with Crippen LogP contribution in [0.25, 0.3) is 0 Å². The molecule has 0 spiro atoms. The summed E-state index contributed by atoms with van der Waals surface area (Å²) in [5.74, 6) is -6.43. The Morgan fingerprint density at radius 2 is 1.29 bits per heavy atom. The largest absolute Gasteiger partial charge is 0.473 e. The zero-order valence-corrected chi connectivity index (χ0v) is 16.4. The maximum atomic E-state index is 11.9. The predicted octanol–water partition coefficient (Wildman–Crippen LogP) is -1.46. The van der Waals surface area contributed by atoms with Gasteiger partial charge in [-0.05, 0) is 25.7 Å². The minimum Gasteiger partial charge on any atom is -0.473 e. The van der Waals surface area contributed by atoms with Gasteiger partial charge in [-0.15, -0.1) is 0 Å². The van der Waals surface area contributed by atoms with Crippen molar-refractivity contribution >= 4 is 36.1 Å². The normalized spacial score (nSPS) is 24.0. The van der Waals surface area contributed by atoms with Crippen LogP contribution >= 0.6 is 0 Å². The van der Waals surface area contributed by atoms with Crippen LogP contribution in [0.5, 0.6) is 0 Å². The summed E-state index contributed by atoms with van der Waals surface area (Å²) in [4.78, 5) is 66.0. The third-order valence-corrected chi connectivity index (χ3v) is 4.43. The number of fused-ring (bicyclic) bond motifs is 1. The summed E-state index contributed by atoms with van der Waals surface area (Å²) in [7, 11) is 0. The van der Waals surface area contributed by atoms with Crippen molar-refractivity contribution < 1.29 is 62.3 Å². The molecule has 2 saturated heterocycles. The van der Waals surface area contributed by atoms with E-state index in [0.717, 1.165) is 0 Å². The SMILES string of the molecule is O=CC(=O)O[C@@H]1COC2C1OC[C@@H]2OC(=O)C(=O)OCCCCCCOC(=O)C(=O)O. The van der Waals surface area contributed by atoms with Crippen LogP contribution in [0, 0.1) is 0 Å². The van der Waals surface area contributed by atoms with Crippen LogP contribution in [-0.2, 0) is 57.2 Å². The average molecular weight is 446 g/mol. The third kappa shape index (κ3) is 7.29. The summed E-state index contributed by atoms with van der Waals surface area (Å²) in [5.41, 5.74) is 0. The molecule has 13 heteroatoms. The highest BCUT2D eigenvalue weighted by molar-refractivity contribution is 6.29. The summed E-state index contributed by atoms with van der Waals surface area (Å²) in [6, 6.07) is 0. The Bertz CT molecular complexity index is 703. The van der Waals surface area contributed by atoms with Gasteiger partial charge in [-0.25, -0.2) is 24.0 Å². The van der Waals surface area contributed by atoms with Crippen LogP contribution in [0.1, 0.15) is 25.7 Å². The van der Waals surface area contributed by atoms with Crippen molar-refractivity contribution in [1.82, 2.24) is 0 Å². The number of carboxylic acids is 1. The van der Waals surface area contributed by atoms with E-state index >= 15 is 0 Å². The lowest BCUT2D eigenvalue weighted by Gasteiger charge is -2.16. The smallest absolute Gasteiger partial charge is 0.417 e. The monoisotopic (exact) mass is 446 g/mol. The van der Waals surface area contributed by atoms with Crippen LogP contribution in [0.15, 0.2) is 0 Å². The first kappa shape index (κ1) is 24.2. The molecule has 0 aliphatic carbocycles. The number of ether oxygens (including phenoxy) is 6. The molecule has 2 heterocycles. The number of rotatable bonds is 10. The molecule has 0 aromatic rings. The van der Waals surface area contributed by atoms with Gasteiger partial charge < -0.3 is 33.5 Å². The molecule has 0 bridgehead atoms. The number of carbonyl (C=O) groups excluding carboxylic acids is 5. The highest BCUT2D eigenvalue weighted by atomic mass is 16.7. The highest BCUT2D eigenvalue weighted by Crippen LogP contribution is 2.30. The second-order valence-electron chi connectivity index (χ2n) is 6.62. The van der Waals surface area contributed by atoms with E-state index in [1.807, 2.05) is 0 Å². The van der Waals surface area contributed by atoms with Gasteiger partial charge in [0.2, 0.25) is 6.29 Å². The number of hydrogen-bond acceptors (Lipinski definition) is 12. The standard InChI is InChI=1S/C18H22O13/c19-7-12(20)30-10-8-28-14-11(9-29-13(10)14)31-18(25)17(24)27-6-4-2-1-3-5-26-16(23)15(21)22/h7,10-11,13-14H,1-6,8-9H2,(H,21,22)/t10-,11+,13?,14?/m1/s1. The molecule has 172 valence electrons. The summed E-state index contributed by atoms with van der Waals surface area (Å²) in [6.07, 6.45) is -1.05. The van der Waals surface area contributed by atoms with Crippen LogP contribution < -0.4 is 0 Å². The van der Waals surface area contributed by atoms with Gasteiger partial charge in [-0.1, -0.05) is 0 Å². The molecule has 2 aliphatic rings. The van der Waals surface area contributed by atoms with E-state index in [1.165, 1.54) is 0 Å². The Kier molecular flexibility index (Phi) is 9.34. The molecular weight excluding hydrogens is 424 g/mol. The number of carbonyl (C=O) groups is 6. The Balaban J connectivity index is 1.58. The van der Waals surface area contributed by atoms with E-state index in [2.05, 4.69) is 4.74 Å². The number of aldehydes is 1. The first-order valence-electron chi connectivity index (χ1n) is 9.50. The molecule has 0 amide bonds. The van der Waals surface area contributed by atoms with Crippen molar-refractivity contribution in [2.45, 2.75) is 50.1 Å². The first-order valence-corrected chi connectivity index (χ1v) is 9.50. The van der Waals surface area contributed by atoms with E-state index in [-0.39, 0.29) is 32.7 Å². The lowest BCUT2D eigenvalue weighted by atomic mass is 10.1. The van der Waals surface area contributed by atoms with Gasteiger partial charge in [-0.2, -0.15) is 0 Å². The van der Waals surface area contributed by atoms with Gasteiger partial charge in [0, 0.05) is 0 Å². The van der Waals surface area contributed by atoms with Gasteiger partial charge in [0.25, 0.3) is 0 Å². The van der Waals surface area contributed by atoms with Crippen molar-refractivity contribution in [2.24, 2.45) is 0 Å². The Labute approximate surface area is 175 Å². The maximum Gasteiger partial charge on any atom is 0.417 e. The summed E-state index contributed by atoms with van der Waals surface area (Å²) < 4.78 is 30.0. The van der Waals surface area contributed by atoms with Crippen molar-refractivity contribution in [2.75, 3.05) is 26.4 Å². The molecular formula is C18H22O13. The van der Waals surface area contributed by atoms with E-state index in [1.54, 1.807) is 0 Å². The lowest BCUT2D eigenvalue weighted by molar-refractivity contribution is -0.173. The van der Waals surface area contributed by atoms with Crippen LogP contribution in [-0.4, -0.2) is 92.1 Å². The van der Waals surface area contributed by atoms with E-state index in [9.17, 15) is 28.8 Å². The fraction of sp³-hybridized carbons (Fsp3) is 0.667. The third-order valence-electron chi connectivity index (χ3n) is 4.43. The van der Waals surface area contributed by atoms with Gasteiger partial charge >= 0.3 is 29.8 Å². The Hall–Kier alpha value is -3.06. The second-order valence-corrected chi connectivity index (χ2v) is 6.62. The molecule has 0 saturated carbocycles. The molecule has 0 radical (unpaired) electrons. The van der Waals surface area contributed by atoms with Crippen molar-refractivity contribution in [3.8, 4) is 0 Å². The Morgan fingerprint density at radius 1 is 0.774 bits per heavy atom. The first-order chi connectivity index (χ1) is 14.8. The molecule has 2 aliphatic heterocycles. The van der Waals surface area contributed by atoms with Crippen LogP contribution in [0.3, 0.4) is 0 Å². The number of carboxylic acid groups (broad SMARTS) is 1. The van der Waals surface area contributed by atoms with Gasteiger partial charge in [0.05, 0.1) is 26.4 Å². The average Bonchev–Trinajstić information content (AvgIpc) is 3.32. The minimum absolute atomic E-state index is 0.0178. The summed E-state index contributed by atoms with van der Waals surface area (Å²) in [5, 5.41) is 8.33. The quantitative estimate of drug-likeness (QED) is 0.135. The molecule has 1 N–H and O–H groups in total. The van der Waals surface area contributed by atoms with Crippen LogP contribution in [0.4, 0.5) is 0 Å². The van der Waals surface area contributed by atoms with Gasteiger partial charge in [-0.3, -0.25) is 4.79 Å². The summed E-state index contributed by atoms with van der Waals surface area (Å²) in [6.45, 7) is -0.171. The van der Waals surface area contributed by atoms with Gasteiger partial charge in [0.15, 0.2) is 12.2 Å². The molecule has 2 fully saturated rings. The predicted molar refractivity (Wildman–Crippen MR) is 93.3 cm³/mol. The fourth-order valence-electron chi connectivity index (χ4n) is 3.00. The number of unbranched alkanes of at least 4 members (excludes halogenated alkanes) is 3. The maximum absolute atomic E-state index is 11.9. The van der Waals surface area contributed by atoms with E-state index in [0.29, 0.717) is 25.7 Å². The zero-order valence-electron chi connectivity index (χ0n) is 16.4. The van der Waals surface area contributed by atoms with Crippen molar-refractivity contribution in [1.29, 1.82) is 0 Å². The fourth-order valence-corrected chi connectivity index (χ4v) is 3.00. The molecule has 2 rings (SSSR count). The molecule has 2 unspecified atom stereocenters. The Morgan fingerprint density at radius 3 is 1.81 bits per heavy atom. The van der Waals surface area contributed by atoms with Crippen molar-refractivity contribution in [3.63, 3.8) is 0 Å². The van der Waals surface area contributed by atoms with Crippen molar-refractivity contribution in [3.05, 3.63) is 0 Å². The summed E-state index contributed by atoms with van der Waals surface area (Å²) >= 11 is 0. The number of hydrogen-bond donors (Lipinski definition) is 1. The molecule has 13 nitrogen and oxygen atoms in total. The number of esters is 4. The number of aliphatic carboxylic acids is 1.